The van der Waals surface area contributed by atoms with Crippen molar-refractivity contribution in [3.05, 3.63) is 35.1 Å². The number of nitrogens with zero attached hydrogens (tertiary/aromatic N) is 2. The summed E-state index contributed by atoms with van der Waals surface area (Å²) in [4.78, 5) is 2.13. The molecule has 4 heteroatoms. The van der Waals surface area contributed by atoms with Crippen molar-refractivity contribution in [2.24, 2.45) is 5.73 Å². The lowest BCUT2D eigenvalue weighted by atomic mass is 10.1. The Kier molecular flexibility index (Phi) is 2.67. The van der Waals surface area contributed by atoms with E-state index in [1.165, 1.54) is 12.1 Å². The molecule has 0 amide bonds. The fourth-order valence-corrected chi connectivity index (χ4v) is 1.80. The zero-order valence-electron chi connectivity index (χ0n) is 8.28. The molecule has 2 N–H and O–H groups in total. The van der Waals surface area contributed by atoms with E-state index < -0.39 is 0 Å². The molecule has 15 heavy (non-hydrogen) atoms. The monoisotopic (exact) mass is 205 g/mol. The SMILES string of the molecule is N#Cc1cc(F)cc(CN2CC(N)C2)c1. The molecular weight excluding hydrogens is 193 g/mol. The molecule has 1 aromatic carbocycles. The Labute approximate surface area is 87.9 Å². The van der Waals surface area contributed by atoms with E-state index in [0.717, 1.165) is 18.7 Å². The fourth-order valence-electron chi connectivity index (χ4n) is 1.80. The highest BCUT2D eigenvalue weighted by Crippen LogP contribution is 2.14. The van der Waals surface area contributed by atoms with Gasteiger partial charge in [-0.15, -0.1) is 0 Å². The molecule has 1 aliphatic rings. The highest BCUT2D eigenvalue weighted by atomic mass is 19.1. The molecule has 0 bridgehead atoms. The summed E-state index contributed by atoms with van der Waals surface area (Å²) in [6.45, 7) is 2.36. The number of hydrogen-bond donors (Lipinski definition) is 1. The molecule has 78 valence electrons. The molecule has 3 nitrogen and oxygen atoms in total. The van der Waals surface area contributed by atoms with Gasteiger partial charge in [-0.2, -0.15) is 5.26 Å². The summed E-state index contributed by atoms with van der Waals surface area (Å²) in [6, 6.07) is 6.61. The minimum absolute atomic E-state index is 0.244. The Hall–Kier alpha value is -1.44. The van der Waals surface area contributed by atoms with Crippen molar-refractivity contribution in [2.45, 2.75) is 12.6 Å². The zero-order valence-corrected chi connectivity index (χ0v) is 8.28. The quantitative estimate of drug-likeness (QED) is 0.778. The summed E-state index contributed by atoms with van der Waals surface area (Å²) < 4.78 is 13.1. The second-order valence-electron chi connectivity index (χ2n) is 3.91. The van der Waals surface area contributed by atoms with Crippen LogP contribution in [0.4, 0.5) is 4.39 Å². The Morgan fingerprint density at radius 1 is 1.47 bits per heavy atom. The first-order chi connectivity index (χ1) is 7.17. The number of rotatable bonds is 2. The lowest BCUT2D eigenvalue weighted by Gasteiger charge is -2.36. The van der Waals surface area contributed by atoms with Gasteiger partial charge < -0.3 is 5.73 Å². The lowest BCUT2D eigenvalue weighted by Crippen LogP contribution is -2.54. The van der Waals surface area contributed by atoms with E-state index in [9.17, 15) is 4.39 Å². The van der Waals surface area contributed by atoms with E-state index in [4.69, 9.17) is 11.0 Å². The molecular formula is C11H12FN3. The molecule has 1 fully saturated rings. The normalized spacial score (nSPS) is 17.1. The van der Waals surface area contributed by atoms with Crippen molar-refractivity contribution >= 4 is 0 Å². The highest BCUT2D eigenvalue weighted by molar-refractivity contribution is 5.33. The van der Waals surface area contributed by atoms with Crippen molar-refractivity contribution in [2.75, 3.05) is 13.1 Å². The molecule has 1 aliphatic heterocycles. The maximum absolute atomic E-state index is 13.1. The molecule has 0 unspecified atom stereocenters. The Bertz CT molecular complexity index is 405. The summed E-state index contributed by atoms with van der Waals surface area (Å²) in [5.41, 5.74) is 6.84. The molecule has 1 aromatic rings. The van der Waals surface area contributed by atoms with E-state index in [1.54, 1.807) is 6.07 Å². The Balaban J connectivity index is 2.08. The Morgan fingerprint density at radius 3 is 2.80 bits per heavy atom. The summed E-state index contributed by atoms with van der Waals surface area (Å²) in [7, 11) is 0. The number of halogens is 1. The van der Waals surface area contributed by atoms with Gasteiger partial charge in [0.1, 0.15) is 5.82 Å². The minimum atomic E-state index is -0.353. The van der Waals surface area contributed by atoms with Crippen LogP contribution in [0.15, 0.2) is 18.2 Å². The van der Waals surface area contributed by atoms with E-state index in [2.05, 4.69) is 4.90 Å². The van der Waals surface area contributed by atoms with Crippen molar-refractivity contribution in [1.29, 1.82) is 5.26 Å². The van der Waals surface area contributed by atoms with Crippen LogP contribution in [-0.2, 0) is 6.54 Å². The van der Waals surface area contributed by atoms with Crippen LogP contribution in [0, 0.1) is 17.1 Å². The average molecular weight is 205 g/mol. The number of likely N-dealkylation sites (tertiary alicyclic amines) is 1. The molecule has 1 heterocycles. The first-order valence-corrected chi connectivity index (χ1v) is 4.85. The van der Waals surface area contributed by atoms with Gasteiger partial charge in [-0.25, -0.2) is 4.39 Å². The zero-order chi connectivity index (χ0) is 10.8. The van der Waals surface area contributed by atoms with Crippen LogP contribution in [0.1, 0.15) is 11.1 Å². The largest absolute Gasteiger partial charge is 0.325 e. The van der Waals surface area contributed by atoms with Crippen LogP contribution < -0.4 is 5.73 Å². The summed E-state index contributed by atoms with van der Waals surface area (Å²) in [6.07, 6.45) is 0. The third-order valence-corrected chi connectivity index (χ3v) is 2.48. The maximum atomic E-state index is 13.1. The smallest absolute Gasteiger partial charge is 0.124 e. The van der Waals surface area contributed by atoms with Gasteiger partial charge in [0.05, 0.1) is 11.6 Å². The average Bonchev–Trinajstić information content (AvgIpc) is 2.14. The molecule has 0 atom stereocenters. The second-order valence-corrected chi connectivity index (χ2v) is 3.91. The summed E-state index contributed by atoms with van der Waals surface area (Å²) in [5.74, 6) is -0.353. The second kappa shape index (κ2) is 3.97. The lowest BCUT2D eigenvalue weighted by molar-refractivity contribution is 0.142. The van der Waals surface area contributed by atoms with Crippen LogP contribution in [0.3, 0.4) is 0 Å². The first kappa shape index (κ1) is 10.1. The van der Waals surface area contributed by atoms with Crippen LogP contribution in [0.5, 0.6) is 0 Å². The van der Waals surface area contributed by atoms with Gasteiger partial charge >= 0.3 is 0 Å². The molecule has 0 spiro atoms. The van der Waals surface area contributed by atoms with Gasteiger partial charge in [0.15, 0.2) is 0 Å². The number of nitrogens with two attached hydrogens (primary N) is 1. The van der Waals surface area contributed by atoms with Crippen molar-refractivity contribution < 1.29 is 4.39 Å². The Morgan fingerprint density at radius 2 is 2.20 bits per heavy atom. The molecule has 0 aromatic heterocycles. The number of benzene rings is 1. The number of hydrogen-bond acceptors (Lipinski definition) is 3. The van der Waals surface area contributed by atoms with Crippen LogP contribution in [-0.4, -0.2) is 24.0 Å². The molecule has 0 saturated carbocycles. The van der Waals surface area contributed by atoms with Gasteiger partial charge in [-0.3, -0.25) is 4.90 Å². The van der Waals surface area contributed by atoms with Crippen molar-refractivity contribution in [3.8, 4) is 6.07 Å². The van der Waals surface area contributed by atoms with Gasteiger partial charge in [-0.05, 0) is 23.8 Å². The minimum Gasteiger partial charge on any atom is -0.325 e. The topological polar surface area (TPSA) is 53.0 Å². The predicted octanol–water partition coefficient (Wildman–Crippen LogP) is 0.840. The summed E-state index contributed by atoms with van der Waals surface area (Å²) in [5, 5.41) is 8.68. The summed E-state index contributed by atoms with van der Waals surface area (Å²) >= 11 is 0. The van der Waals surface area contributed by atoms with E-state index in [1.807, 2.05) is 6.07 Å². The van der Waals surface area contributed by atoms with E-state index in [-0.39, 0.29) is 11.9 Å². The van der Waals surface area contributed by atoms with E-state index in [0.29, 0.717) is 12.1 Å². The predicted molar refractivity (Wildman–Crippen MR) is 54.4 cm³/mol. The van der Waals surface area contributed by atoms with Crippen LogP contribution in [0.2, 0.25) is 0 Å². The van der Waals surface area contributed by atoms with Crippen LogP contribution in [0.25, 0.3) is 0 Å². The molecule has 0 aliphatic carbocycles. The first-order valence-electron chi connectivity index (χ1n) is 4.85. The molecule has 0 radical (unpaired) electrons. The van der Waals surface area contributed by atoms with E-state index >= 15 is 0 Å². The maximum Gasteiger partial charge on any atom is 0.124 e. The van der Waals surface area contributed by atoms with Gasteiger partial charge in [0, 0.05) is 25.7 Å². The van der Waals surface area contributed by atoms with Gasteiger partial charge in [-0.1, -0.05) is 0 Å². The molecule has 1 saturated heterocycles. The van der Waals surface area contributed by atoms with Gasteiger partial charge in [0.25, 0.3) is 0 Å². The van der Waals surface area contributed by atoms with Gasteiger partial charge in [0.2, 0.25) is 0 Å². The third kappa shape index (κ3) is 2.32. The molecule has 2 rings (SSSR count). The fraction of sp³-hybridized carbons (Fsp3) is 0.364. The highest BCUT2D eigenvalue weighted by Gasteiger charge is 2.22. The number of nitriles is 1. The van der Waals surface area contributed by atoms with Crippen molar-refractivity contribution in [1.82, 2.24) is 4.90 Å². The van der Waals surface area contributed by atoms with Crippen LogP contribution >= 0.6 is 0 Å². The van der Waals surface area contributed by atoms with Crippen molar-refractivity contribution in [3.63, 3.8) is 0 Å². The standard InChI is InChI=1S/C11H12FN3/c12-10-2-8(4-13)1-9(3-10)5-15-6-11(14)7-15/h1-3,11H,5-7,14H2. The third-order valence-electron chi connectivity index (χ3n) is 2.48.